The van der Waals surface area contributed by atoms with Crippen molar-refractivity contribution in [1.29, 1.82) is 15.8 Å². The Balaban J connectivity index is 2.62. The van der Waals surface area contributed by atoms with Crippen molar-refractivity contribution in [3.8, 4) is 18.2 Å². The Morgan fingerprint density at radius 1 is 1.00 bits per heavy atom. The molecule has 0 aromatic rings. The molecule has 5 heteroatoms. The minimum absolute atomic E-state index is 0.560. The molecule has 2 rings (SSSR count). The van der Waals surface area contributed by atoms with E-state index in [0.717, 1.165) is 19.3 Å². The van der Waals surface area contributed by atoms with Crippen molar-refractivity contribution in [2.75, 3.05) is 0 Å². The third kappa shape index (κ3) is 0.865. The summed E-state index contributed by atoms with van der Waals surface area (Å²) in [6.07, 6.45) is 3.80. The highest BCUT2D eigenvalue weighted by atomic mass is 16.1. The summed E-state index contributed by atoms with van der Waals surface area (Å²) in [6, 6.07) is 5.69. The van der Waals surface area contributed by atoms with Crippen molar-refractivity contribution in [1.82, 2.24) is 0 Å². The lowest BCUT2D eigenvalue weighted by Crippen LogP contribution is -2.31. The first kappa shape index (κ1) is 11.4. The van der Waals surface area contributed by atoms with Gasteiger partial charge in [0.15, 0.2) is 10.8 Å². The van der Waals surface area contributed by atoms with Gasteiger partial charge in [-0.3, -0.25) is 4.79 Å². The van der Waals surface area contributed by atoms with Crippen molar-refractivity contribution >= 4 is 5.91 Å². The molecule has 0 heterocycles. The van der Waals surface area contributed by atoms with Gasteiger partial charge in [-0.2, -0.15) is 15.8 Å². The van der Waals surface area contributed by atoms with Crippen LogP contribution < -0.4 is 5.73 Å². The van der Waals surface area contributed by atoms with E-state index in [0.29, 0.717) is 12.8 Å². The molecule has 1 atom stereocenters. The molecule has 0 aromatic carbocycles. The zero-order chi connectivity index (χ0) is 12.7. The number of carbonyl (C=O) groups is 1. The number of nitrogens with two attached hydrogens (primary N) is 1. The summed E-state index contributed by atoms with van der Waals surface area (Å²) in [6.45, 7) is 0. The molecule has 2 saturated carbocycles. The fourth-order valence-corrected chi connectivity index (χ4v) is 3.67. The van der Waals surface area contributed by atoms with Gasteiger partial charge in [0.1, 0.15) is 0 Å². The minimum atomic E-state index is -1.61. The summed E-state index contributed by atoms with van der Waals surface area (Å²) in [4.78, 5) is 11.6. The lowest BCUT2D eigenvalue weighted by Gasteiger charge is -2.23. The van der Waals surface area contributed by atoms with Gasteiger partial charge >= 0.3 is 0 Å². The SMILES string of the molecule is N#CC1(C#N)C2(CCCCC2)[C@]1(C#N)C(N)=O. The molecule has 2 fully saturated rings. The monoisotopic (exact) mass is 228 g/mol. The van der Waals surface area contributed by atoms with E-state index >= 15 is 0 Å². The standard InChI is InChI=1S/C12H12N4O/c13-6-11(7-14)10(4-2-1-3-5-10)12(11,8-15)9(16)17/h1-5H2,(H2,16,17)/t12-/m0/s1. The molecule has 2 aliphatic carbocycles. The van der Waals surface area contributed by atoms with E-state index in [2.05, 4.69) is 0 Å². The van der Waals surface area contributed by atoms with Gasteiger partial charge in [-0.25, -0.2) is 0 Å². The second-order valence-electron chi connectivity index (χ2n) is 4.84. The summed E-state index contributed by atoms with van der Waals surface area (Å²) in [7, 11) is 0. The van der Waals surface area contributed by atoms with Gasteiger partial charge in [0, 0.05) is 5.41 Å². The quantitative estimate of drug-likeness (QED) is 0.720. The molecule has 2 aliphatic rings. The Morgan fingerprint density at radius 2 is 1.53 bits per heavy atom. The molecule has 0 radical (unpaired) electrons. The molecule has 86 valence electrons. The number of carbonyl (C=O) groups excluding carboxylic acids is 1. The predicted molar refractivity (Wildman–Crippen MR) is 56.4 cm³/mol. The summed E-state index contributed by atoms with van der Waals surface area (Å²) in [5.41, 5.74) is 1.33. The number of hydrogen-bond donors (Lipinski definition) is 1. The number of primary amides is 1. The maximum Gasteiger partial charge on any atom is 0.241 e. The molecule has 0 unspecified atom stereocenters. The molecule has 0 bridgehead atoms. The van der Waals surface area contributed by atoms with E-state index in [9.17, 15) is 20.6 Å². The molecule has 0 aromatic heterocycles. The Bertz CT molecular complexity index is 484. The lowest BCUT2D eigenvalue weighted by atomic mass is 9.78. The number of nitrogens with zero attached hydrogens (tertiary/aromatic N) is 3. The molecule has 1 amide bonds. The van der Waals surface area contributed by atoms with Crippen LogP contribution in [0.4, 0.5) is 0 Å². The van der Waals surface area contributed by atoms with Crippen LogP contribution in [-0.4, -0.2) is 5.91 Å². The highest BCUT2D eigenvalue weighted by molar-refractivity contribution is 5.93. The molecular weight excluding hydrogens is 216 g/mol. The molecule has 5 nitrogen and oxygen atoms in total. The van der Waals surface area contributed by atoms with E-state index in [1.807, 2.05) is 18.2 Å². The number of nitriles is 3. The highest BCUT2D eigenvalue weighted by Gasteiger charge is 2.92. The van der Waals surface area contributed by atoms with E-state index in [-0.39, 0.29) is 0 Å². The summed E-state index contributed by atoms with van der Waals surface area (Å²) in [5.74, 6) is -0.829. The summed E-state index contributed by atoms with van der Waals surface area (Å²) >= 11 is 0. The van der Waals surface area contributed by atoms with Crippen LogP contribution in [0.25, 0.3) is 0 Å². The zero-order valence-corrected chi connectivity index (χ0v) is 9.36. The lowest BCUT2D eigenvalue weighted by molar-refractivity contribution is -0.122. The van der Waals surface area contributed by atoms with Gasteiger partial charge in [-0.05, 0) is 12.8 Å². The van der Waals surface area contributed by atoms with Crippen LogP contribution in [-0.2, 0) is 4.79 Å². The van der Waals surface area contributed by atoms with Crippen molar-refractivity contribution < 1.29 is 4.79 Å². The Kier molecular flexibility index (Phi) is 2.16. The van der Waals surface area contributed by atoms with Gasteiger partial charge in [0.25, 0.3) is 0 Å². The average molecular weight is 228 g/mol. The zero-order valence-electron chi connectivity index (χ0n) is 9.36. The fraction of sp³-hybridized carbons (Fsp3) is 0.667. The number of hydrogen-bond acceptors (Lipinski definition) is 4. The van der Waals surface area contributed by atoms with Crippen LogP contribution >= 0.6 is 0 Å². The van der Waals surface area contributed by atoms with Crippen molar-refractivity contribution in [2.24, 2.45) is 22.0 Å². The first-order valence-corrected chi connectivity index (χ1v) is 5.62. The normalized spacial score (nSPS) is 31.8. The smallest absolute Gasteiger partial charge is 0.241 e. The largest absolute Gasteiger partial charge is 0.368 e. The fourth-order valence-electron chi connectivity index (χ4n) is 3.67. The first-order chi connectivity index (χ1) is 8.08. The van der Waals surface area contributed by atoms with Crippen LogP contribution in [0.2, 0.25) is 0 Å². The third-order valence-corrected chi connectivity index (χ3v) is 4.52. The minimum Gasteiger partial charge on any atom is -0.368 e. The van der Waals surface area contributed by atoms with E-state index in [1.54, 1.807) is 0 Å². The van der Waals surface area contributed by atoms with E-state index in [4.69, 9.17) is 5.73 Å². The maximum absolute atomic E-state index is 11.6. The number of rotatable bonds is 1. The Labute approximate surface area is 99.4 Å². The molecule has 1 spiro atoms. The van der Waals surface area contributed by atoms with Gasteiger partial charge in [-0.1, -0.05) is 19.3 Å². The second-order valence-corrected chi connectivity index (χ2v) is 4.84. The summed E-state index contributed by atoms with van der Waals surface area (Å²) in [5, 5.41) is 27.8. The van der Waals surface area contributed by atoms with Gasteiger partial charge in [-0.15, -0.1) is 0 Å². The predicted octanol–water partition coefficient (Wildman–Crippen LogP) is 0.979. The number of amides is 1. The average Bonchev–Trinajstić information content (AvgIpc) is 2.86. The Morgan fingerprint density at radius 3 is 1.82 bits per heavy atom. The van der Waals surface area contributed by atoms with Crippen molar-refractivity contribution in [3.63, 3.8) is 0 Å². The molecular formula is C12H12N4O. The van der Waals surface area contributed by atoms with E-state index in [1.165, 1.54) is 0 Å². The van der Waals surface area contributed by atoms with Crippen molar-refractivity contribution in [2.45, 2.75) is 32.1 Å². The van der Waals surface area contributed by atoms with Crippen LogP contribution in [0.3, 0.4) is 0 Å². The second kappa shape index (κ2) is 3.22. The van der Waals surface area contributed by atoms with Gasteiger partial charge in [0.2, 0.25) is 5.91 Å². The van der Waals surface area contributed by atoms with Crippen LogP contribution in [0.5, 0.6) is 0 Å². The Hall–Kier alpha value is -2.06. The molecule has 0 aliphatic heterocycles. The molecule has 17 heavy (non-hydrogen) atoms. The van der Waals surface area contributed by atoms with Crippen LogP contribution in [0.15, 0.2) is 0 Å². The van der Waals surface area contributed by atoms with Gasteiger partial charge < -0.3 is 5.73 Å². The first-order valence-electron chi connectivity index (χ1n) is 5.62. The topological polar surface area (TPSA) is 114 Å². The van der Waals surface area contributed by atoms with E-state index < -0.39 is 22.2 Å². The van der Waals surface area contributed by atoms with Crippen LogP contribution in [0.1, 0.15) is 32.1 Å². The molecule has 2 N–H and O–H groups in total. The third-order valence-electron chi connectivity index (χ3n) is 4.52. The van der Waals surface area contributed by atoms with Crippen molar-refractivity contribution in [3.05, 3.63) is 0 Å². The highest BCUT2D eigenvalue weighted by Crippen LogP contribution is 2.82. The summed E-state index contributed by atoms with van der Waals surface area (Å²) < 4.78 is 0. The van der Waals surface area contributed by atoms with Gasteiger partial charge in [0.05, 0.1) is 18.2 Å². The maximum atomic E-state index is 11.6. The molecule has 0 saturated heterocycles. The van der Waals surface area contributed by atoms with Crippen LogP contribution in [0, 0.1) is 50.2 Å².